The number of thiazole rings is 1. The summed E-state index contributed by atoms with van der Waals surface area (Å²) in [5.41, 5.74) is 2.72. The second kappa shape index (κ2) is 5.34. The molecule has 0 saturated carbocycles. The van der Waals surface area contributed by atoms with Gasteiger partial charge in [0.2, 0.25) is 0 Å². The molecule has 2 aromatic heterocycles. The van der Waals surface area contributed by atoms with Crippen molar-refractivity contribution < 1.29 is 0 Å². The highest BCUT2D eigenvalue weighted by Gasteiger charge is 2.27. The van der Waals surface area contributed by atoms with Gasteiger partial charge in [-0.3, -0.25) is 4.90 Å². The molecule has 0 radical (unpaired) electrons. The first-order valence-electron chi connectivity index (χ1n) is 7.36. The summed E-state index contributed by atoms with van der Waals surface area (Å²) in [6, 6.07) is 4.82. The van der Waals surface area contributed by atoms with E-state index in [0.29, 0.717) is 6.04 Å². The molecule has 1 fully saturated rings. The molecule has 3 heterocycles. The van der Waals surface area contributed by atoms with Gasteiger partial charge >= 0.3 is 0 Å². The normalized spacial score (nSPS) is 20.6. The molecule has 108 valence electrons. The van der Waals surface area contributed by atoms with Crippen LogP contribution in [0.25, 0.3) is 0 Å². The second-order valence-electron chi connectivity index (χ2n) is 6.65. The molecule has 0 spiro atoms. The minimum Gasteiger partial charge on any atom is -0.364 e. The highest BCUT2D eigenvalue weighted by Crippen LogP contribution is 2.33. The van der Waals surface area contributed by atoms with Gasteiger partial charge in [-0.05, 0) is 31.5 Å². The summed E-state index contributed by atoms with van der Waals surface area (Å²) in [5.74, 6) is 0. The van der Waals surface area contributed by atoms with Crippen LogP contribution in [0, 0.1) is 0 Å². The Balaban J connectivity index is 1.72. The number of nitrogens with zero attached hydrogens (tertiary/aromatic N) is 2. The molecule has 0 bridgehead atoms. The molecule has 1 saturated heterocycles. The van der Waals surface area contributed by atoms with Gasteiger partial charge in [0.15, 0.2) is 0 Å². The van der Waals surface area contributed by atoms with Gasteiger partial charge < -0.3 is 4.98 Å². The lowest BCUT2D eigenvalue weighted by molar-refractivity contribution is 0.242. The molecular weight excluding hydrogens is 266 g/mol. The molecular formula is C16H23N3S. The predicted octanol–water partition coefficient (Wildman–Crippen LogP) is 4.11. The first-order valence-corrected chi connectivity index (χ1v) is 8.24. The average Bonchev–Trinajstić information content (AvgIpc) is 3.08. The van der Waals surface area contributed by atoms with E-state index in [0.717, 1.165) is 6.54 Å². The average molecular weight is 289 g/mol. The smallest absolute Gasteiger partial charge is 0.0982 e. The molecule has 0 aliphatic carbocycles. The highest BCUT2D eigenvalue weighted by atomic mass is 32.1. The van der Waals surface area contributed by atoms with Crippen molar-refractivity contribution in [3.63, 3.8) is 0 Å². The summed E-state index contributed by atoms with van der Waals surface area (Å²) in [6.45, 7) is 8.83. The van der Waals surface area contributed by atoms with Crippen LogP contribution in [0.5, 0.6) is 0 Å². The summed E-state index contributed by atoms with van der Waals surface area (Å²) in [4.78, 5) is 10.7. The van der Waals surface area contributed by atoms with Crippen LogP contribution in [0.3, 0.4) is 0 Å². The van der Waals surface area contributed by atoms with Crippen LogP contribution in [0.15, 0.2) is 23.7 Å². The van der Waals surface area contributed by atoms with E-state index in [2.05, 4.69) is 48.2 Å². The molecule has 1 aliphatic heterocycles. The molecule has 4 heteroatoms. The maximum absolute atomic E-state index is 4.83. The van der Waals surface area contributed by atoms with E-state index >= 15 is 0 Å². The van der Waals surface area contributed by atoms with Crippen LogP contribution < -0.4 is 0 Å². The first kappa shape index (κ1) is 13.8. The minimum atomic E-state index is 0.160. The Morgan fingerprint density at radius 3 is 2.95 bits per heavy atom. The largest absolute Gasteiger partial charge is 0.364 e. The lowest BCUT2D eigenvalue weighted by Gasteiger charge is -2.22. The zero-order valence-corrected chi connectivity index (χ0v) is 13.3. The fourth-order valence-electron chi connectivity index (χ4n) is 2.85. The Kier molecular flexibility index (Phi) is 3.69. The van der Waals surface area contributed by atoms with Crippen molar-refractivity contribution in [3.05, 3.63) is 40.1 Å². The molecule has 1 N–H and O–H groups in total. The molecule has 0 aromatic carbocycles. The summed E-state index contributed by atoms with van der Waals surface area (Å²) in [6.07, 6.45) is 4.54. The van der Waals surface area contributed by atoms with Crippen LogP contribution in [0.4, 0.5) is 0 Å². The van der Waals surface area contributed by atoms with Crippen molar-refractivity contribution in [2.24, 2.45) is 0 Å². The van der Waals surface area contributed by atoms with Crippen molar-refractivity contribution >= 4 is 11.3 Å². The third-order valence-electron chi connectivity index (χ3n) is 3.90. The Morgan fingerprint density at radius 1 is 1.45 bits per heavy atom. The molecule has 1 atom stereocenters. The number of aromatic nitrogens is 2. The molecule has 0 amide bonds. The number of rotatable bonds is 3. The van der Waals surface area contributed by atoms with Gasteiger partial charge in [0.05, 0.1) is 16.7 Å². The summed E-state index contributed by atoms with van der Waals surface area (Å²) in [5, 5.41) is 3.47. The van der Waals surface area contributed by atoms with Crippen LogP contribution >= 0.6 is 11.3 Å². The fourth-order valence-corrected chi connectivity index (χ4v) is 3.75. The number of hydrogen-bond acceptors (Lipinski definition) is 3. The predicted molar refractivity (Wildman–Crippen MR) is 84.0 cm³/mol. The summed E-state index contributed by atoms with van der Waals surface area (Å²) >= 11 is 1.79. The highest BCUT2D eigenvalue weighted by molar-refractivity contribution is 7.09. The minimum absolute atomic E-state index is 0.160. The number of likely N-dealkylation sites (tertiary alicyclic amines) is 1. The Bertz CT molecular complexity index is 551. The molecule has 3 rings (SSSR count). The lowest BCUT2D eigenvalue weighted by atomic mass is 9.98. The van der Waals surface area contributed by atoms with E-state index in [1.165, 1.54) is 35.8 Å². The van der Waals surface area contributed by atoms with E-state index < -0.39 is 0 Å². The van der Waals surface area contributed by atoms with E-state index in [-0.39, 0.29) is 5.41 Å². The second-order valence-corrected chi connectivity index (χ2v) is 7.51. The molecule has 3 nitrogen and oxygen atoms in total. The van der Waals surface area contributed by atoms with Crippen LogP contribution in [0.2, 0.25) is 0 Å². The first-order chi connectivity index (χ1) is 9.54. The van der Waals surface area contributed by atoms with Crippen molar-refractivity contribution in [2.75, 3.05) is 6.54 Å². The summed E-state index contributed by atoms with van der Waals surface area (Å²) < 4.78 is 0. The van der Waals surface area contributed by atoms with E-state index in [9.17, 15) is 0 Å². The van der Waals surface area contributed by atoms with Crippen LogP contribution in [0.1, 0.15) is 56.1 Å². The van der Waals surface area contributed by atoms with E-state index in [1.807, 2.05) is 6.20 Å². The van der Waals surface area contributed by atoms with Crippen molar-refractivity contribution in [1.29, 1.82) is 0 Å². The number of hydrogen-bond donors (Lipinski definition) is 1. The van der Waals surface area contributed by atoms with Gasteiger partial charge in [-0.25, -0.2) is 4.98 Å². The standard InChI is InChI=1S/C16H23N3S/c1-16(2,3)15-18-12(11-20-15)10-19-9-5-7-14(19)13-6-4-8-17-13/h4,6,8,11,14,17H,5,7,9-10H2,1-3H3/t14-/m0/s1. The van der Waals surface area contributed by atoms with E-state index in [1.54, 1.807) is 11.3 Å². The molecule has 0 unspecified atom stereocenters. The van der Waals surface area contributed by atoms with Crippen LogP contribution in [-0.2, 0) is 12.0 Å². The third-order valence-corrected chi connectivity index (χ3v) is 5.22. The number of nitrogens with one attached hydrogen (secondary N) is 1. The zero-order chi connectivity index (χ0) is 14.2. The SMILES string of the molecule is CC(C)(C)c1nc(CN2CCC[C@H]2c2ccc[nH]2)cs1. The fraction of sp³-hybridized carbons (Fsp3) is 0.562. The van der Waals surface area contributed by atoms with Gasteiger partial charge in [-0.2, -0.15) is 0 Å². The Morgan fingerprint density at radius 2 is 2.30 bits per heavy atom. The van der Waals surface area contributed by atoms with Crippen molar-refractivity contribution in [2.45, 2.75) is 51.6 Å². The van der Waals surface area contributed by atoms with Crippen molar-refractivity contribution in [3.8, 4) is 0 Å². The third kappa shape index (κ3) is 2.81. The Hall–Kier alpha value is -1.13. The summed E-state index contributed by atoms with van der Waals surface area (Å²) in [7, 11) is 0. The van der Waals surface area contributed by atoms with E-state index in [4.69, 9.17) is 4.98 Å². The van der Waals surface area contributed by atoms with Crippen molar-refractivity contribution in [1.82, 2.24) is 14.9 Å². The maximum atomic E-state index is 4.83. The maximum Gasteiger partial charge on any atom is 0.0982 e. The quantitative estimate of drug-likeness (QED) is 0.922. The molecule has 20 heavy (non-hydrogen) atoms. The monoisotopic (exact) mass is 289 g/mol. The zero-order valence-electron chi connectivity index (χ0n) is 12.5. The van der Waals surface area contributed by atoms with Gasteiger partial charge in [-0.15, -0.1) is 11.3 Å². The molecule has 2 aromatic rings. The van der Waals surface area contributed by atoms with Gasteiger partial charge in [0, 0.05) is 29.2 Å². The Labute approximate surface area is 125 Å². The molecule has 1 aliphatic rings. The number of H-pyrrole nitrogens is 1. The van der Waals surface area contributed by atoms with Gasteiger partial charge in [0.25, 0.3) is 0 Å². The van der Waals surface area contributed by atoms with Gasteiger partial charge in [0.1, 0.15) is 0 Å². The lowest BCUT2D eigenvalue weighted by Crippen LogP contribution is -2.23. The number of aromatic amines is 1. The topological polar surface area (TPSA) is 31.9 Å². The van der Waals surface area contributed by atoms with Gasteiger partial charge in [-0.1, -0.05) is 20.8 Å². The van der Waals surface area contributed by atoms with Crippen LogP contribution in [-0.4, -0.2) is 21.4 Å².